The van der Waals surface area contributed by atoms with E-state index in [2.05, 4.69) is 40.7 Å². The number of carbonyl (C=O) groups is 1. The van der Waals surface area contributed by atoms with E-state index in [1.54, 1.807) is 28.2 Å². The summed E-state index contributed by atoms with van der Waals surface area (Å²) in [4.78, 5) is 11.5. The number of fused-ring (bicyclic) bond motifs is 5. The van der Waals surface area contributed by atoms with Gasteiger partial charge in [-0.2, -0.15) is 0 Å². The quantitative estimate of drug-likeness (QED) is 0.191. The summed E-state index contributed by atoms with van der Waals surface area (Å²) < 4.78 is 5.46. The van der Waals surface area contributed by atoms with Crippen molar-refractivity contribution < 1.29 is 9.53 Å². The van der Waals surface area contributed by atoms with E-state index in [0.29, 0.717) is 10.8 Å². The van der Waals surface area contributed by atoms with Crippen LogP contribution in [0.15, 0.2) is 11.6 Å². The zero-order chi connectivity index (χ0) is 22.4. The van der Waals surface area contributed by atoms with Crippen LogP contribution in [0.1, 0.15) is 105 Å². The molecule has 31 heavy (non-hydrogen) atoms. The van der Waals surface area contributed by atoms with Crippen molar-refractivity contribution in [3.05, 3.63) is 11.6 Å². The summed E-state index contributed by atoms with van der Waals surface area (Å²) in [6.45, 7) is 12.5. The van der Waals surface area contributed by atoms with Crippen molar-refractivity contribution in [3.8, 4) is 0 Å². The van der Waals surface area contributed by atoms with Gasteiger partial charge in [-0.3, -0.25) is 0 Å². The lowest BCUT2D eigenvalue weighted by molar-refractivity contribution is -0.0572. The van der Waals surface area contributed by atoms with Crippen molar-refractivity contribution in [2.45, 2.75) is 111 Å². The molecule has 0 saturated heterocycles. The molecule has 0 aromatic rings. The lowest BCUT2D eigenvalue weighted by Crippen LogP contribution is -2.51. The monoisotopic (exact) mass is 540 g/mol. The fraction of sp³-hybridized carbons (Fsp3) is 0.893. The van der Waals surface area contributed by atoms with Crippen LogP contribution in [-0.2, 0) is 4.74 Å². The van der Waals surface area contributed by atoms with E-state index >= 15 is 0 Å². The minimum absolute atomic E-state index is 0.108. The summed E-state index contributed by atoms with van der Waals surface area (Å²) in [5.41, 5.74) is 2.52. The molecule has 0 amide bonds. The summed E-state index contributed by atoms with van der Waals surface area (Å²) in [6, 6.07) is 0. The molecule has 0 aromatic carbocycles. The SMILES string of the molecule is CC(C)CCC[C@@H](C)[C@H]1CCC2C3CC=C4C[C@@H](OC(=O)I)CC[C@]4(C)C3CC[C@@]21C. The minimum atomic E-state index is -0.145. The molecule has 3 saturated carbocycles. The second-order valence-corrected chi connectivity index (χ2v) is 13.4. The van der Waals surface area contributed by atoms with Crippen LogP contribution in [0.25, 0.3) is 0 Å². The van der Waals surface area contributed by atoms with E-state index in [0.717, 1.165) is 48.3 Å². The summed E-state index contributed by atoms with van der Waals surface area (Å²) in [6.07, 6.45) is 17.2. The first-order chi connectivity index (χ1) is 14.6. The molecule has 4 aliphatic carbocycles. The van der Waals surface area contributed by atoms with Gasteiger partial charge in [0.1, 0.15) is 6.10 Å². The topological polar surface area (TPSA) is 26.3 Å². The third-order valence-corrected chi connectivity index (χ3v) is 10.8. The molecule has 0 heterocycles. The Labute approximate surface area is 204 Å². The van der Waals surface area contributed by atoms with Crippen LogP contribution in [0.3, 0.4) is 0 Å². The third-order valence-electron chi connectivity index (χ3n) is 10.5. The molecule has 4 rings (SSSR count). The molecule has 0 aliphatic heterocycles. The number of carbonyl (C=O) groups excluding carboxylic acids is 1. The first-order valence-electron chi connectivity index (χ1n) is 13.2. The highest BCUT2D eigenvalue weighted by Gasteiger charge is 2.59. The van der Waals surface area contributed by atoms with Crippen LogP contribution >= 0.6 is 22.6 Å². The average molecular weight is 541 g/mol. The Balaban J connectivity index is 1.47. The van der Waals surface area contributed by atoms with Gasteiger partial charge >= 0.3 is 3.98 Å². The molecule has 2 nitrogen and oxygen atoms in total. The van der Waals surface area contributed by atoms with E-state index in [-0.39, 0.29) is 10.1 Å². The summed E-state index contributed by atoms with van der Waals surface area (Å²) in [5, 5.41) is 0. The molecule has 3 fully saturated rings. The van der Waals surface area contributed by atoms with Crippen molar-refractivity contribution in [1.29, 1.82) is 0 Å². The Morgan fingerprint density at radius 2 is 1.87 bits per heavy atom. The van der Waals surface area contributed by atoms with Crippen LogP contribution in [-0.4, -0.2) is 10.1 Å². The fourth-order valence-corrected chi connectivity index (χ4v) is 9.24. The smallest absolute Gasteiger partial charge is 0.367 e. The van der Waals surface area contributed by atoms with Crippen molar-refractivity contribution in [2.75, 3.05) is 0 Å². The van der Waals surface area contributed by atoms with Gasteiger partial charge in [-0.05, 0) is 91.3 Å². The number of halogens is 1. The molecule has 4 aliphatic rings. The fourth-order valence-electron chi connectivity index (χ4n) is 8.88. The Morgan fingerprint density at radius 3 is 2.58 bits per heavy atom. The molecule has 3 unspecified atom stereocenters. The summed E-state index contributed by atoms with van der Waals surface area (Å²) in [5.74, 6) is 5.30. The molecular formula is C28H45IO2. The normalized spacial score (nSPS) is 42.9. The summed E-state index contributed by atoms with van der Waals surface area (Å²) >= 11 is 1.78. The zero-order valence-electron chi connectivity index (χ0n) is 20.6. The number of allylic oxidation sites excluding steroid dienone is 1. The Bertz CT molecular complexity index is 699. The van der Waals surface area contributed by atoms with E-state index in [9.17, 15) is 4.79 Å². The largest absolute Gasteiger partial charge is 0.455 e. The van der Waals surface area contributed by atoms with Crippen molar-refractivity contribution in [3.63, 3.8) is 0 Å². The van der Waals surface area contributed by atoms with E-state index in [4.69, 9.17) is 4.74 Å². The second-order valence-electron chi connectivity index (χ2n) is 12.5. The molecule has 0 spiro atoms. The van der Waals surface area contributed by atoms with Gasteiger partial charge in [0, 0.05) is 6.42 Å². The highest BCUT2D eigenvalue weighted by Crippen LogP contribution is 2.67. The Hall–Kier alpha value is -0.0600. The van der Waals surface area contributed by atoms with Gasteiger partial charge in [0.05, 0.1) is 22.6 Å². The predicted octanol–water partition coefficient (Wildman–Crippen LogP) is 8.97. The van der Waals surface area contributed by atoms with E-state index in [1.165, 1.54) is 57.8 Å². The summed E-state index contributed by atoms with van der Waals surface area (Å²) in [7, 11) is 0. The maximum absolute atomic E-state index is 11.5. The number of ether oxygens (including phenoxy) is 1. The van der Waals surface area contributed by atoms with E-state index in [1.807, 2.05) is 0 Å². The Kier molecular flexibility index (Phi) is 7.22. The van der Waals surface area contributed by atoms with Gasteiger partial charge < -0.3 is 4.74 Å². The van der Waals surface area contributed by atoms with Crippen molar-refractivity contribution >= 4 is 26.6 Å². The van der Waals surface area contributed by atoms with Crippen LogP contribution < -0.4 is 0 Å². The predicted molar refractivity (Wildman–Crippen MR) is 137 cm³/mol. The van der Waals surface area contributed by atoms with Crippen LogP contribution in [0, 0.1) is 46.3 Å². The first-order valence-corrected chi connectivity index (χ1v) is 14.3. The number of rotatable bonds is 6. The molecular weight excluding hydrogens is 495 g/mol. The molecule has 0 radical (unpaired) electrons. The highest BCUT2D eigenvalue weighted by molar-refractivity contribution is 14.1. The van der Waals surface area contributed by atoms with Crippen LogP contribution in [0.2, 0.25) is 0 Å². The molecule has 0 bridgehead atoms. The van der Waals surface area contributed by atoms with Gasteiger partial charge in [0.2, 0.25) is 0 Å². The van der Waals surface area contributed by atoms with Crippen molar-refractivity contribution in [1.82, 2.24) is 0 Å². The Morgan fingerprint density at radius 1 is 1.10 bits per heavy atom. The molecule has 0 aromatic heterocycles. The second kappa shape index (κ2) is 9.29. The lowest BCUT2D eigenvalue weighted by atomic mass is 9.47. The van der Waals surface area contributed by atoms with Gasteiger partial charge in [0.25, 0.3) is 0 Å². The first kappa shape index (κ1) is 24.1. The maximum Gasteiger partial charge on any atom is 0.367 e. The number of hydrogen-bond acceptors (Lipinski definition) is 2. The maximum atomic E-state index is 11.5. The van der Waals surface area contributed by atoms with Crippen LogP contribution in [0.5, 0.6) is 0 Å². The molecule has 176 valence electrons. The highest BCUT2D eigenvalue weighted by atomic mass is 127. The molecule has 0 N–H and O–H groups in total. The van der Waals surface area contributed by atoms with Gasteiger partial charge in [-0.25, -0.2) is 4.79 Å². The third kappa shape index (κ3) is 4.52. The minimum Gasteiger partial charge on any atom is -0.455 e. The molecule has 8 atom stereocenters. The zero-order valence-corrected chi connectivity index (χ0v) is 22.7. The number of hydrogen-bond donors (Lipinski definition) is 0. The van der Waals surface area contributed by atoms with Crippen LogP contribution in [0.4, 0.5) is 4.79 Å². The molecule has 3 heteroatoms. The van der Waals surface area contributed by atoms with Crippen molar-refractivity contribution in [2.24, 2.45) is 46.3 Å². The van der Waals surface area contributed by atoms with Gasteiger partial charge in [0.15, 0.2) is 0 Å². The average Bonchev–Trinajstić information content (AvgIpc) is 3.05. The van der Waals surface area contributed by atoms with Gasteiger partial charge in [-0.1, -0.05) is 65.5 Å². The lowest BCUT2D eigenvalue weighted by Gasteiger charge is -2.58. The van der Waals surface area contributed by atoms with E-state index < -0.39 is 0 Å². The van der Waals surface area contributed by atoms with Gasteiger partial charge in [-0.15, -0.1) is 0 Å². The standard InChI is InChI=1S/C28H45IO2/c1-18(2)7-6-8-19(3)23-11-12-24-22-10-9-20-17-21(31-26(29)30)13-15-27(20,4)25(22)14-16-28(23,24)5/h9,18-19,21-25H,6-8,10-17H2,1-5H3/t19-,21+,22?,23-,24?,25?,27+,28-/m1/s1.